The minimum Gasteiger partial charge on any atom is -0.368 e. The van der Waals surface area contributed by atoms with E-state index in [-0.39, 0.29) is 17.6 Å². The van der Waals surface area contributed by atoms with E-state index in [0.29, 0.717) is 18.8 Å². The van der Waals surface area contributed by atoms with Gasteiger partial charge in [0.2, 0.25) is 11.8 Å². The first-order valence-electron chi connectivity index (χ1n) is 10.1. The van der Waals surface area contributed by atoms with Crippen LogP contribution >= 0.6 is 11.8 Å². The van der Waals surface area contributed by atoms with Crippen molar-refractivity contribution in [3.63, 3.8) is 0 Å². The van der Waals surface area contributed by atoms with Gasteiger partial charge in [-0.25, -0.2) is 4.39 Å². The third-order valence-electron chi connectivity index (χ3n) is 5.41. The van der Waals surface area contributed by atoms with Crippen LogP contribution in [-0.4, -0.2) is 54.7 Å². The summed E-state index contributed by atoms with van der Waals surface area (Å²) < 4.78 is 13.1. The molecule has 0 spiro atoms. The van der Waals surface area contributed by atoms with Crippen molar-refractivity contribution in [1.29, 1.82) is 0 Å². The number of aryl methyl sites for hydroxylation is 1. The maximum atomic E-state index is 13.1. The number of nitrogens with one attached hydrogen (secondary N) is 1. The number of hydrogen-bond donors (Lipinski definition) is 1. The molecule has 2 amide bonds. The summed E-state index contributed by atoms with van der Waals surface area (Å²) in [6.45, 7) is 8.40. The molecular weight excluding hydrogens is 401 g/mol. The van der Waals surface area contributed by atoms with Gasteiger partial charge < -0.3 is 15.1 Å². The number of amides is 2. The first kappa shape index (κ1) is 22.2. The molecule has 0 radical (unpaired) electrons. The molecule has 1 saturated heterocycles. The molecule has 30 heavy (non-hydrogen) atoms. The number of carbonyl (C=O) groups excluding carboxylic acids is 2. The lowest BCUT2D eigenvalue weighted by Crippen LogP contribution is -2.55. The number of benzene rings is 2. The molecule has 0 saturated carbocycles. The summed E-state index contributed by atoms with van der Waals surface area (Å²) in [6.07, 6.45) is 0. The van der Waals surface area contributed by atoms with E-state index in [9.17, 15) is 14.0 Å². The summed E-state index contributed by atoms with van der Waals surface area (Å²) >= 11 is 1.43. The molecule has 0 aliphatic carbocycles. The molecule has 1 unspecified atom stereocenters. The largest absolute Gasteiger partial charge is 0.368 e. The van der Waals surface area contributed by atoms with Gasteiger partial charge in [0.1, 0.15) is 11.9 Å². The van der Waals surface area contributed by atoms with Gasteiger partial charge >= 0.3 is 0 Å². The summed E-state index contributed by atoms with van der Waals surface area (Å²) in [5, 5.41) is 2.78. The fourth-order valence-electron chi connectivity index (χ4n) is 3.60. The summed E-state index contributed by atoms with van der Waals surface area (Å²) in [4.78, 5) is 29.7. The minimum absolute atomic E-state index is 0.0691. The monoisotopic (exact) mass is 429 g/mol. The van der Waals surface area contributed by atoms with E-state index in [0.717, 1.165) is 18.0 Å². The highest BCUT2D eigenvalue weighted by molar-refractivity contribution is 7.99. The van der Waals surface area contributed by atoms with Gasteiger partial charge in [-0.1, -0.05) is 12.1 Å². The summed E-state index contributed by atoms with van der Waals surface area (Å²) in [5.41, 5.74) is 3.74. The van der Waals surface area contributed by atoms with Crippen molar-refractivity contribution < 1.29 is 14.0 Å². The van der Waals surface area contributed by atoms with E-state index in [2.05, 4.69) is 42.3 Å². The molecular formula is C23H28FN3O2S. The van der Waals surface area contributed by atoms with Crippen LogP contribution in [0.15, 0.2) is 47.4 Å². The SMILES string of the molecule is CC(=O)NC(CSc1ccc(F)cc1)C(=O)N1CCN(c2cccc(C)c2C)CC1. The zero-order valence-electron chi connectivity index (χ0n) is 17.7. The van der Waals surface area contributed by atoms with Crippen LogP contribution in [0.4, 0.5) is 10.1 Å². The van der Waals surface area contributed by atoms with Crippen molar-refractivity contribution in [1.82, 2.24) is 10.2 Å². The molecule has 2 aromatic rings. The number of piperazine rings is 1. The van der Waals surface area contributed by atoms with Gasteiger partial charge in [-0.05, 0) is 55.3 Å². The molecule has 5 nitrogen and oxygen atoms in total. The van der Waals surface area contributed by atoms with Crippen LogP contribution in [-0.2, 0) is 9.59 Å². The van der Waals surface area contributed by atoms with E-state index in [1.807, 2.05) is 4.90 Å². The maximum Gasteiger partial charge on any atom is 0.246 e. The molecule has 7 heteroatoms. The second-order valence-electron chi connectivity index (χ2n) is 7.55. The van der Waals surface area contributed by atoms with Crippen molar-refractivity contribution in [3.05, 3.63) is 59.4 Å². The Hall–Kier alpha value is -2.54. The smallest absolute Gasteiger partial charge is 0.246 e. The summed E-state index contributed by atoms with van der Waals surface area (Å²) in [5.74, 6) is -0.195. The average Bonchev–Trinajstić information content (AvgIpc) is 2.73. The van der Waals surface area contributed by atoms with Crippen molar-refractivity contribution in [2.24, 2.45) is 0 Å². The molecule has 1 heterocycles. The van der Waals surface area contributed by atoms with Gasteiger partial charge in [0.15, 0.2) is 0 Å². The Morgan fingerprint density at radius 3 is 2.37 bits per heavy atom. The molecule has 0 aromatic heterocycles. The first-order chi connectivity index (χ1) is 14.3. The Bertz CT molecular complexity index is 896. The third kappa shape index (κ3) is 5.53. The van der Waals surface area contributed by atoms with Crippen LogP contribution in [0.3, 0.4) is 0 Å². The van der Waals surface area contributed by atoms with Gasteiger partial charge in [-0.2, -0.15) is 0 Å². The van der Waals surface area contributed by atoms with Crippen LogP contribution in [0.1, 0.15) is 18.1 Å². The highest BCUT2D eigenvalue weighted by Crippen LogP contribution is 2.24. The fourth-order valence-corrected chi connectivity index (χ4v) is 4.51. The number of halogens is 1. The van der Waals surface area contributed by atoms with Crippen molar-refractivity contribution in [3.8, 4) is 0 Å². The highest BCUT2D eigenvalue weighted by atomic mass is 32.2. The third-order valence-corrected chi connectivity index (χ3v) is 6.52. The first-order valence-corrected chi connectivity index (χ1v) is 11.1. The van der Waals surface area contributed by atoms with E-state index in [1.54, 1.807) is 12.1 Å². The molecule has 1 fully saturated rings. The number of carbonyl (C=O) groups is 2. The molecule has 2 aromatic carbocycles. The number of hydrogen-bond acceptors (Lipinski definition) is 4. The van der Waals surface area contributed by atoms with Crippen LogP contribution in [0.5, 0.6) is 0 Å². The fraction of sp³-hybridized carbons (Fsp3) is 0.391. The van der Waals surface area contributed by atoms with Gasteiger partial charge in [0, 0.05) is 49.4 Å². The molecule has 1 aliphatic rings. The van der Waals surface area contributed by atoms with Crippen LogP contribution in [0.2, 0.25) is 0 Å². The zero-order valence-corrected chi connectivity index (χ0v) is 18.5. The Labute approximate surface area is 181 Å². The Balaban J connectivity index is 1.61. The maximum absolute atomic E-state index is 13.1. The Morgan fingerprint density at radius 1 is 1.07 bits per heavy atom. The zero-order chi connectivity index (χ0) is 21.7. The Morgan fingerprint density at radius 2 is 1.73 bits per heavy atom. The molecule has 1 atom stereocenters. The second-order valence-corrected chi connectivity index (χ2v) is 8.64. The van der Waals surface area contributed by atoms with E-state index in [1.165, 1.54) is 47.6 Å². The molecule has 1 N–H and O–H groups in total. The van der Waals surface area contributed by atoms with E-state index < -0.39 is 6.04 Å². The van der Waals surface area contributed by atoms with Gasteiger partial charge in [0.25, 0.3) is 0 Å². The lowest BCUT2D eigenvalue weighted by Gasteiger charge is -2.38. The molecule has 3 rings (SSSR count). The van der Waals surface area contributed by atoms with Gasteiger partial charge in [-0.3, -0.25) is 9.59 Å². The van der Waals surface area contributed by atoms with Gasteiger partial charge in [-0.15, -0.1) is 11.8 Å². The highest BCUT2D eigenvalue weighted by Gasteiger charge is 2.28. The van der Waals surface area contributed by atoms with Crippen molar-refractivity contribution in [2.75, 3.05) is 36.8 Å². The lowest BCUT2D eigenvalue weighted by atomic mass is 10.1. The quantitative estimate of drug-likeness (QED) is 0.716. The van der Waals surface area contributed by atoms with Crippen LogP contribution < -0.4 is 10.2 Å². The number of thioether (sulfide) groups is 1. The van der Waals surface area contributed by atoms with E-state index in [4.69, 9.17) is 0 Å². The normalized spacial score (nSPS) is 15.1. The summed E-state index contributed by atoms with van der Waals surface area (Å²) in [7, 11) is 0. The average molecular weight is 430 g/mol. The van der Waals surface area contributed by atoms with Crippen molar-refractivity contribution >= 4 is 29.3 Å². The number of anilines is 1. The number of nitrogens with zero attached hydrogens (tertiary/aromatic N) is 2. The molecule has 1 aliphatic heterocycles. The predicted molar refractivity (Wildman–Crippen MR) is 119 cm³/mol. The van der Waals surface area contributed by atoms with Crippen molar-refractivity contribution in [2.45, 2.75) is 31.7 Å². The minimum atomic E-state index is -0.607. The van der Waals surface area contributed by atoms with Crippen LogP contribution in [0.25, 0.3) is 0 Å². The predicted octanol–water partition coefficient (Wildman–Crippen LogP) is 3.39. The Kier molecular flexibility index (Phi) is 7.37. The standard InChI is InChI=1S/C23H28FN3O2S/c1-16-5-4-6-22(17(16)2)26-11-13-27(14-12-26)23(29)21(25-18(3)28)15-30-20-9-7-19(24)8-10-20/h4-10,21H,11-15H2,1-3H3,(H,25,28). The summed E-state index contributed by atoms with van der Waals surface area (Å²) in [6, 6.07) is 11.8. The number of rotatable bonds is 6. The van der Waals surface area contributed by atoms with Gasteiger partial charge in [0.05, 0.1) is 0 Å². The lowest BCUT2D eigenvalue weighted by molar-refractivity contribution is -0.135. The second kappa shape index (κ2) is 9.98. The topological polar surface area (TPSA) is 52.7 Å². The van der Waals surface area contributed by atoms with Crippen LogP contribution in [0, 0.1) is 19.7 Å². The van der Waals surface area contributed by atoms with E-state index >= 15 is 0 Å². The molecule has 0 bridgehead atoms. The molecule has 160 valence electrons.